The maximum absolute atomic E-state index is 12.0. The van der Waals surface area contributed by atoms with Crippen LogP contribution < -0.4 is 10.0 Å². The van der Waals surface area contributed by atoms with Gasteiger partial charge < -0.3 is 5.32 Å². The summed E-state index contributed by atoms with van der Waals surface area (Å²) >= 11 is 4.88. The first kappa shape index (κ1) is 18.9. The summed E-state index contributed by atoms with van der Waals surface area (Å²) in [6.07, 6.45) is 3.15. The van der Waals surface area contributed by atoms with Crippen LogP contribution in [-0.4, -0.2) is 20.4 Å². The monoisotopic (exact) mass is 428 g/mol. The molecule has 0 aliphatic heterocycles. The van der Waals surface area contributed by atoms with Gasteiger partial charge in [-0.1, -0.05) is 0 Å². The molecule has 128 valence electrons. The Bertz CT molecular complexity index is 840. The SMILES string of the molecule is CC(C)NS(=O)(=O)c1ccc(NC(=O)/C=C/c2ccc(Br)s2)cc1. The lowest BCUT2D eigenvalue weighted by Gasteiger charge is -2.10. The first-order chi connectivity index (χ1) is 11.3. The molecule has 1 amide bonds. The van der Waals surface area contributed by atoms with Gasteiger partial charge in [-0.15, -0.1) is 11.3 Å². The molecule has 0 fully saturated rings. The van der Waals surface area contributed by atoms with Crippen molar-refractivity contribution in [2.75, 3.05) is 5.32 Å². The summed E-state index contributed by atoms with van der Waals surface area (Å²) in [4.78, 5) is 13.0. The lowest BCUT2D eigenvalue weighted by atomic mass is 10.3. The molecule has 5 nitrogen and oxygen atoms in total. The molecule has 0 radical (unpaired) electrons. The van der Waals surface area contributed by atoms with Gasteiger partial charge in [-0.05, 0) is 72.3 Å². The number of nitrogens with one attached hydrogen (secondary N) is 2. The second-order valence-corrected chi connectivity index (χ2v) is 9.47. The normalized spacial score (nSPS) is 12.0. The number of rotatable bonds is 6. The number of halogens is 1. The predicted octanol–water partition coefficient (Wildman–Crippen LogP) is 3.85. The van der Waals surface area contributed by atoms with Gasteiger partial charge in [0.15, 0.2) is 0 Å². The Morgan fingerprint density at radius 3 is 2.38 bits per heavy atom. The van der Waals surface area contributed by atoms with E-state index < -0.39 is 10.0 Å². The summed E-state index contributed by atoms with van der Waals surface area (Å²) < 4.78 is 27.6. The summed E-state index contributed by atoms with van der Waals surface area (Å²) in [6, 6.07) is 9.66. The second-order valence-electron chi connectivity index (χ2n) is 5.26. The standard InChI is InChI=1S/C16H17BrN2O3S2/c1-11(2)19-24(21,22)14-7-3-12(4-8-14)18-16(20)10-6-13-5-9-15(17)23-13/h3-11,19H,1-2H3,(H,18,20)/b10-6+. The van der Waals surface area contributed by atoms with E-state index in [1.165, 1.54) is 29.5 Å². The molecule has 0 spiro atoms. The van der Waals surface area contributed by atoms with Crippen molar-refractivity contribution in [3.63, 3.8) is 0 Å². The van der Waals surface area contributed by atoms with E-state index >= 15 is 0 Å². The minimum atomic E-state index is -3.53. The van der Waals surface area contributed by atoms with Crippen molar-refractivity contribution in [2.24, 2.45) is 0 Å². The van der Waals surface area contributed by atoms with Gasteiger partial charge in [0.2, 0.25) is 15.9 Å². The van der Waals surface area contributed by atoms with Crippen LogP contribution in [0.25, 0.3) is 6.08 Å². The minimum Gasteiger partial charge on any atom is -0.323 e. The zero-order valence-corrected chi connectivity index (χ0v) is 16.3. The molecular weight excluding hydrogens is 412 g/mol. The van der Waals surface area contributed by atoms with Crippen LogP contribution in [0, 0.1) is 0 Å². The van der Waals surface area contributed by atoms with Crippen LogP contribution in [0.15, 0.2) is 51.2 Å². The first-order valence-corrected chi connectivity index (χ1v) is 10.2. The van der Waals surface area contributed by atoms with Crippen LogP contribution >= 0.6 is 27.3 Å². The molecule has 0 saturated heterocycles. The summed E-state index contributed by atoms with van der Waals surface area (Å²) in [7, 11) is -3.53. The highest BCUT2D eigenvalue weighted by Crippen LogP contribution is 2.23. The molecule has 0 aliphatic rings. The van der Waals surface area contributed by atoms with E-state index in [-0.39, 0.29) is 16.8 Å². The van der Waals surface area contributed by atoms with Crippen LogP contribution in [0.4, 0.5) is 5.69 Å². The molecule has 24 heavy (non-hydrogen) atoms. The molecule has 0 saturated carbocycles. The number of carbonyl (C=O) groups excluding carboxylic acids is 1. The Kier molecular flexibility index (Phi) is 6.34. The van der Waals surface area contributed by atoms with E-state index in [2.05, 4.69) is 26.0 Å². The fourth-order valence-corrected chi connectivity index (χ4v) is 4.43. The van der Waals surface area contributed by atoms with Crippen LogP contribution in [0.3, 0.4) is 0 Å². The maximum Gasteiger partial charge on any atom is 0.248 e. The Morgan fingerprint density at radius 1 is 1.17 bits per heavy atom. The third kappa shape index (κ3) is 5.55. The van der Waals surface area contributed by atoms with Gasteiger partial charge in [0.25, 0.3) is 0 Å². The van der Waals surface area contributed by atoms with Gasteiger partial charge in [0.1, 0.15) is 0 Å². The average molecular weight is 429 g/mol. The largest absolute Gasteiger partial charge is 0.323 e. The van der Waals surface area contributed by atoms with Gasteiger partial charge in [0.05, 0.1) is 8.68 Å². The van der Waals surface area contributed by atoms with Crippen LogP contribution in [0.1, 0.15) is 18.7 Å². The van der Waals surface area contributed by atoms with Crippen molar-refractivity contribution in [3.05, 3.63) is 51.1 Å². The van der Waals surface area contributed by atoms with Gasteiger partial charge in [-0.25, -0.2) is 13.1 Å². The lowest BCUT2D eigenvalue weighted by molar-refractivity contribution is -0.111. The van der Waals surface area contributed by atoms with Crippen molar-refractivity contribution in [1.29, 1.82) is 0 Å². The summed E-state index contributed by atoms with van der Waals surface area (Å²) in [5.74, 6) is -0.282. The highest BCUT2D eigenvalue weighted by Gasteiger charge is 2.14. The van der Waals surface area contributed by atoms with Crippen molar-refractivity contribution in [2.45, 2.75) is 24.8 Å². The zero-order valence-electron chi connectivity index (χ0n) is 13.1. The van der Waals surface area contributed by atoms with E-state index in [0.29, 0.717) is 5.69 Å². The van der Waals surface area contributed by atoms with Crippen molar-refractivity contribution in [3.8, 4) is 0 Å². The molecule has 0 atom stereocenters. The number of anilines is 1. The summed E-state index contributed by atoms with van der Waals surface area (Å²) in [6.45, 7) is 3.51. The fraction of sp³-hybridized carbons (Fsp3) is 0.188. The van der Waals surface area contributed by atoms with Gasteiger partial charge in [-0.2, -0.15) is 0 Å². The number of amides is 1. The number of carbonyl (C=O) groups is 1. The fourth-order valence-electron chi connectivity index (χ4n) is 1.86. The average Bonchev–Trinajstić information content (AvgIpc) is 2.90. The highest BCUT2D eigenvalue weighted by atomic mass is 79.9. The Balaban J connectivity index is 2.01. The van der Waals surface area contributed by atoms with Gasteiger partial charge in [-0.3, -0.25) is 4.79 Å². The third-order valence-electron chi connectivity index (χ3n) is 2.82. The molecule has 2 rings (SSSR count). The Hall–Kier alpha value is -1.48. The number of benzene rings is 1. The highest BCUT2D eigenvalue weighted by molar-refractivity contribution is 9.11. The minimum absolute atomic E-state index is 0.160. The number of hydrogen-bond acceptors (Lipinski definition) is 4. The van der Waals surface area contributed by atoms with Crippen molar-refractivity contribution in [1.82, 2.24) is 4.72 Å². The summed E-state index contributed by atoms with van der Waals surface area (Å²) in [5.41, 5.74) is 0.528. The first-order valence-electron chi connectivity index (χ1n) is 7.13. The molecule has 8 heteroatoms. The molecule has 2 N–H and O–H groups in total. The van der Waals surface area contributed by atoms with Gasteiger partial charge in [0, 0.05) is 22.7 Å². The molecule has 1 aromatic heterocycles. The van der Waals surface area contributed by atoms with Gasteiger partial charge >= 0.3 is 0 Å². The zero-order chi connectivity index (χ0) is 17.7. The maximum atomic E-state index is 12.0. The smallest absolute Gasteiger partial charge is 0.248 e. The van der Waals surface area contributed by atoms with Crippen molar-refractivity contribution >= 4 is 55.0 Å². The summed E-state index contributed by atoms with van der Waals surface area (Å²) in [5, 5.41) is 2.69. The molecule has 0 aliphatic carbocycles. The van der Waals surface area contributed by atoms with Crippen molar-refractivity contribution < 1.29 is 13.2 Å². The van der Waals surface area contributed by atoms with Crippen LogP contribution in [-0.2, 0) is 14.8 Å². The predicted molar refractivity (Wildman–Crippen MR) is 102 cm³/mol. The van der Waals surface area contributed by atoms with E-state index in [9.17, 15) is 13.2 Å². The molecule has 0 bridgehead atoms. The Morgan fingerprint density at radius 2 is 1.83 bits per heavy atom. The van der Waals surface area contributed by atoms with E-state index in [1.807, 2.05) is 12.1 Å². The third-order valence-corrected chi connectivity index (χ3v) is 6.08. The quantitative estimate of drug-likeness (QED) is 0.685. The molecule has 0 unspecified atom stereocenters. The topological polar surface area (TPSA) is 75.3 Å². The number of hydrogen-bond donors (Lipinski definition) is 2. The van der Waals surface area contributed by atoms with E-state index in [4.69, 9.17) is 0 Å². The molecule has 1 aromatic carbocycles. The lowest BCUT2D eigenvalue weighted by Crippen LogP contribution is -2.30. The Labute approximate surface area is 154 Å². The molecule has 1 heterocycles. The number of thiophene rings is 1. The van der Waals surface area contributed by atoms with Crippen LogP contribution in [0.2, 0.25) is 0 Å². The van der Waals surface area contributed by atoms with E-state index in [0.717, 1.165) is 8.66 Å². The number of sulfonamides is 1. The van der Waals surface area contributed by atoms with Crippen LogP contribution in [0.5, 0.6) is 0 Å². The van der Waals surface area contributed by atoms with E-state index in [1.54, 1.807) is 32.1 Å². The second kappa shape index (κ2) is 8.06. The molecule has 2 aromatic rings. The molecular formula is C16H17BrN2O3S2.